The van der Waals surface area contributed by atoms with Crippen molar-refractivity contribution < 1.29 is 23.7 Å². The Hall–Kier alpha value is -3.07. The van der Waals surface area contributed by atoms with E-state index in [0.717, 1.165) is 48.6 Å². The number of aliphatic hydroxyl groups is 1. The van der Waals surface area contributed by atoms with Gasteiger partial charge in [0.2, 0.25) is 0 Å². The molecule has 1 aromatic heterocycles. The van der Waals surface area contributed by atoms with Crippen molar-refractivity contribution in [2.75, 3.05) is 60.6 Å². The van der Waals surface area contributed by atoms with E-state index in [1.165, 1.54) is 13.2 Å². The first kappa shape index (κ1) is 25.0. The van der Waals surface area contributed by atoms with Gasteiger partial charge in [-0.05, 0) is 44.2 Å². The molecule has 1 aliphatic rings. The molecule has 2 aromatic carbocycles. The van der Waals surface area contributed by atoms with E-state index < -0.39 is 6.10 Å². The van der Waals surface area contributed by atoms with Crippen molar-refractivity contribution in [3.8, 4) is 28.6 Å². The van der Waals surface area contributed by atoms with Gasteiger partial charge in [-0.15, -0.1) is 0 Å². The number of benzene rings is 2. The maximum absolute atomic E-state index is 12.9. The molecule has 1 N–H and O–H groups in total. The second-order valence-electron chi connectivity index (χ2n) is 9.19. The number of likely N-dealkylation sites (N-methyl/N-ethyl adjacent to an activating group) is 1. The summed E-state index contributed by atoms with van der Waals surface area (Å²) in [5.74, 6) is 2.13. The van der Waals surface area contributed by atoms with Crippen molar-refractivity contribution in [1.82, 2.24) is 9.80 Å². The van der Waals surface area contributed by atoms with Gasteiger partial charge in [-0.2, -0.15) is 0 Å². The van der Waals surface area contributed by atoms with E-state index in [4.69, 9.17) is 18.6 Å². The third-order valence-electron chi connectivity index (χ3n) is 6.45. The topological polar surface area (TPSA) is 84.6 Å². The van der Waals surface area contributed by atoms with Crippen LogP contribution in [0.3, 0.4) is 0 Å². The van der Waals surface area contributed by atoms with E-state index in [-0.39, 0.29) is 12.0 Å². The zero-order chi connectivity index (χ0) is 25.1. The SMILES string of the molecule is COc1cc(OC)c2c(=O)cc(-c3cc(C)c(OC[C@H](O)CN4CCN(C)CC4)c(C)c3)oc2c1. The highest BCUT2D eigenvalue weighted by Gasteiger charge is 2.19. The van der Waals surface area contributed by atoms with Crippen molar-refractivity contribution in [2.45, 2.75) is 20.0 Å². The van der Waals surface area contributed by atoms with Gasteiger partial charge in [0.25, 0.3) is 0 Å². The number of ether oxygens (including phenoxy) is 3. The molecule has 0 aliphatic carbocycles. The first-order chi connectivity index (χ1) is 16.8. The minimum Gasteiger partial charge on any atom is -0.496 e. The molecule has 0 bridgehead atoms. The average Bonchev–Trinajstić information content (AvgIpc) is 2.83. The maximum Gasteiger partial charge on any atom is 0.197 e. The number of hydrogen-bond donors (Lipinski definition) is 1. The summed E-state index contributed by atoms with van der Waals surface area (Å²) in [7, 11) is 5.17. The molecule has 1 aliphatic heterocycles. The van der Waals surface area contributed by atoms with Crippen molar-refractivity contribution in [1.29, 1.82) is 0 Å². The second kappa shape index (κ2) is 10.7. The van der Waals surface area contributed by atoms with Crippen molar-refractivity contribution >= 4 is 11.0 Å². The summed E-state index contributed by atoms with van der Waals surface area (Å²) in [6, 6.07) is 8.68. The largest absolute Gasteiger partial charge is 0.496 e. The standard InChI is InChI=1S/C27H34N2O6/c1-17-10-19(23-14-22(31)26-24(33-5)12-21(32-4)13-25(26)35-23)11-18(2)27(17)34-16-20(30)15-29-8-6-28(3)7-9-29/h10-14,20,30H,6-9,15-16H2,1-5H3/t20-/m1/s1. The van der Waals surface area contributed by atoms with E-state index in [1.807, 2.05) is 26.0 Å². The fourth-order valence-corrected chi connectivity index (χ4v) is 4.53. The molecule has 0 spiro atoms. The van der Waals surface area contributed by atoms with Crippen LogP contribution < -0.4 is 19.6 Å². The van der Waals surface area contributed by atoms with Gasteiger partial charge in [-0.25, -0.2) is 0 Å². The lowest BCUT2D eigenvalue weighted by atomic mass is 10.0. The Morgan fingerprint density at radius 2 is 1.69 bits per heavy atom. The number of aliphatic hydroxyl groups excluding tert-OH is 1. The molecular weight excluding hydrogens is 448 g/mol. The van der Waals surface area contributed by atoms with Crippen molar-refractivity contribution in [2.24, 2.45) is 0 Å². The molecule has 1 atom stereocenters. The molecule has 0 radical (unpaired) electrons. The highest BCUT2D eigenvalue weighted by Crippen LogP contribution is 2.34. The molecule has 1 saturated heterocycles. The Bertz CT molecular complexity index is 1220. The lowest BCUT2D eigenvalue weighted by molar-refractivity contribution is 0.0501. The summed E-state index contributed by atoms with van der Waals surface area (Å²) in [4.78, 5) is 17.5. The Balaban J connectivity index is 1.54. The number of methoxy groups -OCH3 is 2. The van der Waals surface area contributed by atoms with Gasteiger partial charge in [0.05, 0.1) is 14.2 Å². The van der Waals surface area contributed by atoms with E-state index in [1.54, 1.807) is 19.2 Å². The van der Waals surface area contributed by atoms with Gasteiger partial charge in [0.1, 0.15) is 46.7 Å². The first-order valence-corrected chi connectivity index (χ1v) is 11.8. The number of fused-ring (bicyclic) bond motifs is 1. The molecule has 4 rings (SSSR count). The smallest absolute Gasteiger partial charge is 0.197 e. The van der Waals surface area contributed by atoms with E-state index in [9.17, 15) is 9.90 Å². The van der Waals surface area contributed by atoms with Crippen LogP contribution in [0.2, 0.25) is 0 Å². The maximum atomic E-state index is 12.9. The van der Waals surface area contributed by atoms with Crippen molar-refractivity contribution in [3.63, 3.8) is 0 Å². The quantitative estimate of drug-likeness (QED) is 0.525. The van der Waals surface area contributed by atoms with Crippen LogP contribution in [0.15, 0.2) is 39.5 Å². The van der Waals surface area contributed by atoms with Gasteiger partial charge in [-0.1, -0.05) is 0 Å². The molecular formula is C27H34N2O6. The molecule has 0 unspecified atom stereocenters. The van der Waals surface area contributed by atoms with Crippen LogP contribution in [0.1, 0.15) is 11.1 Å². The van der Waals surface area contributed by atoms with Crippen LogP contribution >= 0.6 is 0 Å². The fourth-order valence-electron chi connectivity index (χ4n) is 4.53. The van der Waals surface area contributed by atoms with Gasteiger partial charge in [-0.3, -0.25) is 9.69 Å². The molecule has 0 saturated carbocycles. The molecule has 3 aromatic rings. The predicted octanol–water partition coefficient (Wildman–Crippen LogP) is 3.08. The Labute approximate surface area is 205 Å². The minimum absolute atomic E-state index is 0.191. The van der Waals surface area contributed by atoms with Gasteiger partial charge in [0, 0.05) is 56.5 Å². The molecule has 8 heteroatoms. The molecule has 0 amide bonds. The average molecular weight is 483 g/mol. The third kappa shape index (κ3) is 5.61. The first-order valence-electron chi connectivity index (χ1n) is 11.8. The van der Waals surface area contributed by atoms with E-state index in [2.05, 4.69) is 16.8 Å². The predicted molar refractivity (Wildman–Crippen MR) is 136 cm³/mol. The highest BCUT2D eigenvalue weighted by atomic mass is 16.5. The normalized spacial score (nSPS) is 15.8. The lowest BCUT2D eigenvalue weighted by Gasteiger charge is -2.33. The van der Waals surface area contributed by atoms with Crippen molar-refractivity contribution in [3.05, 3.63) is 51.7 Å². The van der Waals surface area contributed by atoms with Gasteiger partial charge in [0.15, 0.2) is 5.43 Å². The summed E-state index contributed by atoms with van der Waals surface area (Å²) in [6.07, 6.45) is -0.569. The number of nitrogens with zero attached hydrogens (tertiary/aromatic N) is 2. The lowest BCUT2D eigenvalue weighted by Crippen LogP contribution is -2.47. The number of aryl methyl sites for hydroxylation is 2. The molecule has 35 heavy (non-hydrogen) atoms. The summed E-state index contributed by atoms with van der Waals surface area (Å²) in [5, 5.41) is 10.9. The fraction of sp³-hybridized carbons (Fsp3) is 0.444. The molecule has 188 valence electrons. The van der Waals surface area contributed by atoms with Gasteiger partial charge < -0.3 is 28.6 Å². The number of hydrogen-bond acceptors (Lipinski definition) is 8. The van der Waals surface area contributed by atoms with Gasteiger partial charge >= 0.3 is 0 Å². The number of β-amino-alcohol motifs (C(OH)–C–C–N with tert-alkyl or cyclic N) is 1. The Morgan fingerprint density at radius 1 is 1.00 bits per heavy atom. The van der Waals surface area contributed by atoms with Crippen LogP contribution in [0.5, 0.6) is 17.2 Å². The van der Waals surface area contributed by atoms with Crippen LogP contribution in [0.4, 0.5) is 0 Å². The molecule has 2 heterocycles. The number of rotatable bonds is 8. The molecule has 8 nitrogen and oxygen atoms in total. The Morgan fingerprint density at radius 3 is 2.31 bits per heavy atom. The Kier molecular flexibility index (Phi) is 7.64. The molecule has 1 fully saturated rings. The second-order valence-corrected chi connectivity index (χ2v) is 9.19. The summed E-state index contributed by atoms with van der Waals surface area (Å²) < 4.78 is 22.8. The summed E-state index contributed by atoms with van der Waals surface area (Å²) >= 11 is 0. The summed E-state index contributed by atoms with van der Waals surface area (Å²) in [5.41, 5.74) is 2.77. The third-order valence-corrected chi connectivity index (χ3v) is 6.45. The number of piperazine rings is 1. The zero-order valence-corrected chi connectivity index (χ0v) is 21.1. The van der Waals surface area contributed by atoms with Crippen LogP contribution in [-0.4, -0.2) is 81.6 Å². The highest BCUT2D eigenvalue weighted by molar-refractivity contribution is 5.86. The van der Waals surface area contributed by atoms with E-state index in [0.29, 0.717) is 34.8 Å². The van der Waals surface area contributed by atoms with Crippen LogP contribution in [0.25, 0.3) is 22.3 Å². The van der Waals surface area contributed by atoms with Crippen LogP contribution in [-0.2, 0) is 0 Å². The summed E-state index contributed by atoms with van der Waals surface area (Å²) in [6.45, 7) is 8.64. The van der Waals surface area contributed by atoms with E-state index >= 15 is 0 Å². The monoisotopic (exact) mass is 482 g/mol. The van der Waals surface area contributed by atoms with Crippen LogP contribution in [0, 0.1) is 13.8 Å². The minimum atomic E-state index is -0.569. The zero-order valence-electron chi connectivity index (χ0n) is 21.1.